The predicted molar refractivity (Wildman–Crippen MR) is 163 cm³/mol. The van der Waals surface area contributed by atoms with E-state index in [0.717, 1.165) is 12.3 Å². The Labute approximate surface area is 225 Å². The van der Waals surface area contributed by atoms with Crippen molar-refractivity contribution >= 4 is 0 Å². The molecule has 35 heavy (non-hydrogen) atoms. The van der Waals surface area contributed by atoms with Gasteiger partial charge < -0.3 is 0 Å². The number of hydrogen-bond donors (Lipinski definition) is 0. The molecule has 0 bridgehead atoms. The largest absolute Gasteiger partial charge is 0.0654 e. The van der Waals surface area contributed by atoms with Gasteiger partial charge in [-0.3, -0.25) is 0 Å². The van der Waals surface area contributed by atoms with E-state index in [-0.39, 0.29) is 0 Å². The maximum Gasteiger partial charge on any atom is -0.0414 e. The highest BCUT2D eigenvalue weighted by Crippen LogP contribution is 2.25. The molecule has 0 rings (SSSR count). The van der Waals surface area contributed by atoms with Crippen molar-refractivity contribution < 1.29 is 0 Å². The predicted octanol–water partition coefficient (Wildman–Crippen LogP) is 13.6. The fraction of sp³-hybridized carbons (Fsp3) is 0.971. The normalized spacial score (nSPS) is 12.4. The Kier molecular flexibility index (Phi) is 32.0. The average molecular weight is 492 g/mol. The monoisotopic (exact) mass is 492 g/mol. The van der Waals surface area contributed by atoms with Gasteiger partial charge in [0.1, 0.15) is 0 Å². The van der Waals surface area contributed by atoms with Crippen LogP contribution in [0.4, 0.5) is 0 Å². The van der Waals surface area contributed by atoms with Crippen molar-refractivity contribution in [1.82, 2.24) is 0 Å². The third-order valence-corrected chi connectivity index (χ3v) is 8.29. The maximum absolute atomic E-state index is 4.03. The molecule has 0 aliphatic heterocycles. The molecule has 0 aromatic carbocycles. The summed E-state index contributed by atoms with van der Waals surface area (Å²) in [4.78, 5) is 0. The van der Waals surface area contributed by atoms with Crippen molar-refractivity contribution in [2.24, 2.45) is 5.92 Å². The Morgan fingerprint density at radius 1 is 0.314 bits per heavy atom. The zero-order chi connectivity index (χ0) is 25.5. The van der Waals surface area contributed by atoms with Gasteiger partial charge in [0.25, 0.3) is 0 Å². The molecule has 0 heterocycles. The fourth-order valence-corrected chi connectivity index (χ4v) is 5.77. The van der Waals surface area contributed by atoms with Crippen LogP contribution >= 0.6 is 0 Å². The summed E-state index contributed by atoms with van der Waals surface area (Å²) in [6.45, 7) is 8.65. The van der Waals surface area contributed by atoms with Crippen molar-refractivity contribution in [2.45, 2.75) is 213 Å². The van der Waals surface area contributed by atoms with Crippen LogP contribution in [0.1, 0.15) is 213 Å². The molecule has 0 nitrogen and oxygen atoms in total. The molecule has 0 aromatic rings. The zero-order valence-corrected chi connectivity index (χ0v) is 25.2. The van der Waals surface area contributed by atoms with E-state index in [1.165, 1.54) is 193 Å². The number of rotatable bonds is 31. The van der Waals surface area contributed by atoms with Crippen molar-refractivity contribution in [2.75, 3.05) is 0 Å². The van der Waals surface area contributed by atoms with E-state index >= 15 is 0 Å². The Morgan fingerprint density at radius 2 is 0.543 bits per heavy atom. The van der Waals surface area contributed by atoms with E-state index in [1.54, 1.807) is 0 Å². The lowest BCUT2D eigenvalue weighted by molar-refractivity contribution is 0.366. The van der Waals surface area contributed by atoms with Crippen molar-refractivity contribution in [3.05, 3.63) is 6.92 Å². The first-order valence-corrected chi connectivity index (χ1v) is 17.1. The second-order valence-corrected chi connectivity index (χ2v) is 11.9. The van der Waals surface area contributed by atoms with Gasteiger partial charge in [-0.2, -0.15) is 0 Å². The molecule has 0 fully saturated rings. The van der Waals surface area contributed by atoms with Crippen LogP contribution in [0.15, 0.2) is 0 Å². The summed E-state index contributed by atoms with van der Waals surface area (Å²) in [5, 5.41) is 0. The molecule has 1 atom stereocenters. The minimum Gasteiger partial charge on any atom is -0.0654 e. The quantitative estimate of drug-likeness (QED) is 0.0845. The Hall–Kier alpha value is 0. The standard InChI is InChI=1S/C35H71/c1-4-7-10-13-15-17-18-19-20-21-22-24-26-28-31-34-35(32-29-12-9-6-3)33-30-27-25-23-16-14-11-8-5-2/h35H,3-34H2,1-2H3. The van der Waals surface area contributed by atoms with Gasteiger partial charge in [-0.05, 0) is 5.92 Å². The zero-order valence-electron chi connectivity index (χ0n) is 25.2. The second kappa shape index (κ2) is 32.0. The van der Waals surface area contributed by atoms with Crippen LogP contribution in [0, 0.1) is 12.8 Å². The summed E-state index contributed by atoms with van der Waals surface area (Å²) in [7, 11) is 0. The van der Waals surface area contributed by atoms with Gasteiger partial charge in [0.2, 0.25) is 0 Å². The van der Waals surface area contributed by atoms with Gasteiger partial charge in [-0.25, -0.2) is 0 Å². The molecule has 0 N–H and O–H groups in total. The van der Waals surface area contributed by atoms with Crippen molar-refractivity contribution in [1.29, 1.82) is 0 Å². The van der Waals surface area contributed by atoms with E-state index < -0.39 is 0 Å². The maximum atomic E-state index is 4.03. The lowest BCUT2D eigenvalue weighted by Gasteiger charge is -2.17. The highest BCUT2D eigenvalue weighted by Gasteiger charge is 2.08. The summed E-state index contributed by atoms with van der Waals surface area (Å²) in [6, 6.07) is 0. The molecule has 0 heteroatoms. The number of hydrogen-bond acceptors (Lipinski definition) is 0. The summed E-state index contributed by atoms with van der Waals surface area (Å²) in [6.07, 6.45) is 45.2. The summed E-state index contributed by atoms with van der Waals surface area (Å²) >= 11 is 0. The van der Waals surface area contributed by atoms with Crippen LogP contribution in [0.25, 0.3) is 0 Å². The van der Waals surface area contributed by atoms with Crippen LogP contribution in [0.3, 0.4) is 0 Å². The third kappa shape index (κ3) is 30.1. The molecular formula is C35H71. The van der Waals surface area contributed by atoms with E-state index in [2.05, 4.69) is 20.8 Å². The molecule has 0 aliphatic rings. The molecule has 211 valence electrons. The van der Waals surface area contributed by atoms with Gasteiger partial charge in [0, 0.05) is 0 Å². The molecule has 0 aromatic heterocycles. The van der Waals surface area contributed by atoms with Crippen LogP contribution in [-0.2, 0) is 0 Å². The molecule has 1 unspecified atom stereocenters. The molecule has 0 aliphatic carbocycles. The van der Waals surface area contributed by atoms with E-state index in [4.69, 9.17) is 0 Å². The van der Waals surface area contributed by atoms with Gasteiger partial charge in [0.05, 0.1) is 0 Å². The molecule has 0 amide bonds. The molecule has 1 radical (unpaired) electrons. The average Bonchev–Trinajstić information content (AvgIpc) is 2.87. The minimum absolute atomic E-state index is 1.02. The first-order valence-electron chi connectivity index (χ1n) is 17.1. The SMILES string of the molecule is [CH2]CCCCCC(CCCCCCCCCCC)CCCCCCCCCCCCCCCCC. The Balaban J connectivity index is 3.61. The van der Waals surface area contributed by atoms with Gasteiger partial charge in [-0.1, -0.05) is 220 Å². The van der Waals surface area contributed by atoms with Crippen molar-refractivity contribution in [3.63, 3.8) is 0 Å². The molecule has 0 saturated heterocycles. The first-order chi connectivity index (χ1) is 17.3. The molecular weight excluding hydrogens is 420 g/mol. The van der Waals surface area contributed by atoms with E-state index in [9.17, 15) is 0 Å². The second-order valence-electron chi connectivity index (χ2n) is 11.9. The topological polar surface area (TPSA) is 0 Å². The minimum atomic E-state index is 1.02. The first kappa shape index (κ1) is 35.0. The third-order valence-electron chi connectivity index (χ3n) is 8.29. The highest BCUT2D eigenvalue weighted by molar-refractivity contribution is 4.62. The van der Waals surface area contributed by atoms with Crippen molar-refractivity contribution in [3.8, 4) is 0 Å². The van der Waals surface area contributed by atoms with E-state index in [0.29, 0.717) is 0 Å². The summed E-state index contributed by atoms with van der Waals surface area (Å²) in [5.74, 6) is 1.02. The summed E-state index contributed by atoms with van der Waals surface area (Å²) in [5.41, 5.74) is 0. The van der Waals surface area contributed by atoms with Gasteiger partial charge in [-0.15, -0.1) is 0 Å². The highest BCUT2D eigenvalue weighted by atomic mass is 14.1. The fourth-order valence-electron chi connectivity index (χ4n) is 5.77. The van der Waals surface area contributed by atoms with E-state index in [1.807, 2.05) is 0 Å². The molecule has 0 saturated carbocycles. The Bertz CT molecular complexity index is 346. The Morgan fingerprint density at radius 3 is 0.800 bits per heavy atom. The lowest BCUT2D eigenvalue weighted by atomic mass is 9.89. The van der Waals surface area contributed by atoms with Gasteiger partial charge in [0.15, 0.2) is 0 Å². The van der Waals surface area contributed by atoms with Crippen LogP contribution in [-0.4, -0.2) is 0 Å². The van der Waals surface area contributed by atoms with Crippen LogP contribution < -0.4 is 0 Å². The van der Waals surface area contributed by atoms with Crippen LogP contribution in [0.5, 0.6) is 0 Å². The summed E-state index contributed by atoms with van der Waals surface area (Å²) < 4.78 is 0. The number of unbranched alkanes of at least 4 members (excludes halogenated alkanes) is 25. The van der Waals surface area contributed by atoms with Crippen LogP contribution in [0.2, 0.25) is 0 Å². The molecule has 0 spiro atoms. The lowest BCUT2D eigenvalue weighted by Crippen LogP contribution is -2.01. The van der Waals surface area contributed by atoms with Gasteiger partial charge >= 0.3 is 0 Å². The smallest absolute Gasteiger partial charge is 0.0414 e.